The van der Waals surface area contributed by atoms with Crippen molar-refractivity contribution in [1.82, 2.24) is 0 Å². The van der Waals surface area contributed by atoms with Crippen LogP contribution < -0.4 is 0 Å². The smallest absolute Gasteiger partial charge is 0.338 e. The van der Waals surface area contributed by atoms with Gasteiger partial charge in [-0.3, -0.25) is 0 Å². The maximum atomic E-state index is 11.5. The number of esters is 1. The third kappa shape index (κ3) is 1.75. The highest BCUT2D eigenvalue weighted by atomic mass is 16.8. The predicted molar refractivity (Wildman–Crippen MR) is 54.7 cm³/mol. The molecule has 2 saturated heterocycles. The molecule has 0 amide bonds. The second-order valence-electron chi connectivity index (χ2n) is 4.36. The molecule has 2 heterocycles. The molecule has 0 spiro atoms. The number of ether oxygens (including phenoxy) is 4. The fourth-order valence-electron chi connectivity index (χ4n) is 2.12. The Morgan fingerprint density at radius 1 is 1.38 bits per heavy atom. The number of methoxy groups -OCH3 is 1. The van der Waals surface area contributed by atoms with Gasteiger partial charge in [0, 0.05) is 7.11 Å². The number of hydrogen-bond donors (Lipinski definition) is 0. The van der Waals surface area contributed by atoms with Crippen LogP contribution in [0.2, 0.25) is 0 Å². The van der Waals surface area contributed by atoms with E-state index in [0.717, 1.165) is 0 Å². The van der Waals surface area contributed by atoms with Gasteiger partial charge in [-0.25, -0.2) is 4.79 Å². The van der Waals surface area contributed by atoms with Crippen LogP contribution >= 0.6 is 0 Å². The minimum Gasteiger partial charge on any atom is -0.454 e. The Hall–Kier alpha value is -0.910. The summed E-state index contributed by atoms with van der Waals surface area (Å²) < 4.78 is 21.5. The lowest BCUT2D eigenvalue weighted by Gasteiger charge is -2.41. The fraction of sp³-hybridized carbons (Fsp3) is 0.727. The summed E-state index contributed by atoms with van der Waals surface area (Å²) in [6.45, 7) is 7.25. The molecule has 0 aromatic carbocycles. The lowest BCUT2D eigenvalue weighted by Crippen LogP contribution is -2.54. The van der Waals surface area contributed by atoms with Gasteiger partial charge in [0.1, 0.15) is 12.2 Å². The Labute approximate surface area is 94.3 Å². The molecular weight excluding hydrogens is 212 g/mol. The monoisotopic (exact) mass is 228 g/mol. The van der Waals surface area contributed by atoms with Gasteiger partial charge in [0.15, 0.2) is 18.0 Å². The van der Waals surface area contributed by atoms with Gasteiger partial charge in [-0.2, -0.15) is 0 Å². The molecule has 16 heavy (non-hydrogen) atoms. The Morgan fingerprint density at radius 3 is 2.62 bits per heavy atom. The third-order valence-electron chi connectivity index (χ3n) is 2.76. The molecule has 0 aliphatic carbocycles. The predicted octanol–water partition coefficient (Wildman–Crippen LogP) is 0.633. The van der Waals surface area contributed by atoms with Crippen LogP contribution in [0.15, 0.2) is 12.7 Å². The minimum atomic E-state index is -0.773. The van der Waals surface area contributed by atoms with E-state index in [2.05, 4.69) is 6.58 Å². The van der Waals surface area contributed by atoms with Crippen molar-refractivity contribution in [2.75, 3.05) is 7.11 Å². The van der Waals surface area contributed by atoms with Crippen molar-refractivity contribution in [3.63, 3.8) is 0 Å². The molecule has 2 aliphatic heterocycles. The van der Waals surface area contributed by atoms with Crippen LogP contribution in [0.4, 0.5) is 0 Å². The van der Waals surface area contributed by atoms with Gasteiger partial charge >= 0.3 is 5.97 Å². The molecular formula is C11H16O5. The van der Waals surface area contributed by atoms with E-state index in [0.29, 0.717) is 0 Å². The van der Waals surface area contributed by atoms with Gasteiger partial charge in [0.2, 0.25) is 0 Å². The van der Waals surface area contributed by atoms with E-state index in [1.54, 1.807) is 19.9 Å². The summed E-state index contributed by atoms with van der Waals surface area (Å²) in [7, 11) is 1.46. The number of hydrogen-bond acceptors (Lipinski definition) is 5. The Kier molecular flexibility index (Phi) is 2.77. The molecule has 2 rings (SSSR count). The molecule has 0 saturated carbocycles. The normalized spacial score (nSPS) is 41.3. The minimum absolute atomic E-state index is 0.363. The summed E-state index contributed by atoms with van der Waals surface area (Å²) in [6.07, 6.45) is -0.339. The lowest BCUT2D eigenvalue weighted by molar-refractivity contribution is -0.318. The Balaban J connectivity index is 2.26. The molecule has 0 unspecified atom stereocenters. The first-order valence-electron chi connectivity index (χ1n) is 5.20. The summed E-state index contributed by atoms with van der Waals surface area (Å²) in [4.78, 5) is 11.5. The first-order valence-corrected chi connectivity index (χ1v) is 5.20. The van der Waals surface area contributed by atoms with E-state index < -0.39 is 30.1 Å². The number of rotatable bonds is 2. The highest BCUT2D eigenvalue weighted by molar-refractivity contribution is 5.78. The molecule has 4 atom stereocenters. The summed E-state index contributed by atoms with van der Waals surface area (Å²) in [5.74, 6) is -1.18. The van der Waals surface area contributed by atoms with E-state index in [-0.39, 0.29) is 6.10 Å². The lowest BCUT2D eigenvalue weighted by atomic mass is 10.0. The second-order valence-corrected chi connectivity index (χ2v) is 4.36. The maximum Gasteiger partial charge on any atom is 0.338 e. The Bertz CT molecular complexity index is 311. The van der Waals surface area contributed by atoms with Gasteiger partial charge in [-0.15, -0.1) is 6.58 Å². The Morgan fingerprint density at radius 2 is 2.06 bits per heavy atom. The van der Waals surface area contributed by atoms with Crippen LogP contribution in [0.25, 0.3) is 0 Å². The van der Waals surface area contributed by atoms with Crippen molar-refractivity contribution in [2.24, 2.45) is 0 Å². The van der Waals surface area contributed by atoms with Crippen LogP contribution in [0.3, 0.4) is 0 Å². The van der Waals surface area contributed by atoms with Crippen LogP contribution in [-0.4, -0.2) is 43.3 Å². The largest absolute Gasteiger partial charge is 0.454 e. The van der Waals surface area contributed by atoms with E-state index >= 15 is 0 Å². The van der Waals surface area contributed by atoms with Gasteiger partial charge in [0.25, 0.3) is 0 Å². The summed E-state index contributed by atoms with van der Waals surface area (Å²) >= 11 is 0. The zero-order valence-corrected chi connectivity index (χ0v) is 9.64. The standard InChI is InChI=1S/C11H16O5/c1-5-6-7-8(16-11(2,3)15-6)9(13-4)10(12)14-7/h5-9H,1H2,2-4H3/t6-,7+,8-,9-/m1/s1. The van der Waals surface area contributed by atoms with Crippen molar-refractivity contribution in [3.05, 3.63) is 12.7 Å². The zero-order chi connectivity index (χ0) is 11.9. The number of carbonyl (C=O) groups excluding carboxylic acids is 1. The SMILES string of the molecule is C=C[C@H]1OC(C)(C)O[C@@H]2[C@H]1OC(=O)[C@@H]2OC. The van der Waals surface area contributed by atoms with E-state index in [4.69, 9.17) is 18.9 Å². The van der Waals surface area contributed by atoms with Crippen molar-refractivity contribution in [1.29, 1.82) is 0 Å². The number of carbonyl (C=O) groups is 1. The maximum absolute atomic E-state index is 11.5. The van der Waals surface area contributed by atoms with Gasteiger partial charge in [-0.1, -0.05) is 6.08 Å². The topological polar surface area (TPSA) is 54.0 Å². The average molecular weight is 228 g/mol. The quantitative estimate of drug-likeness (QED) is 0.512. The van der Waals surface area contributed by atoms with Crippen LogP contribution in [0.1, 0.15) is 13.8 Å². The first kappa shape index (κ1) is 11.6. The van der Waals surface area contributed by atoms with Crippen molar-refractivity contribution >= 4 is 5.97 Å². The molecule has 2 fully saturated rings. The molecule has 0 aromatic heterocycles. The molecule has 0 aromatic rings. The average Bonchev–Trinajstić information content (AvgIpc) is 2.51. The molecule has 0 N–H and O–H groups in total. The van der Waals surface area contributed by atoms with Gasteiger partial charge in [-0.05, 0) is 13.8 Å². The van der Waals surface area contributed by atoms with Gasteiger partial charge < -0.3 is 18.9 Å². The molecule has 5 heteroatoms. The highest BCUT2D eigenvalue weighted by Gasteiger charge is 2.55. The summed E-state index contributed by atoms with van der Waals surface area (Å²) in [5, 5.41) is 0. The van der Waals surface area contributed by atoms with Crippen LogP contribution in [-0.2, 0) is 23.7 Å². The molecule has 0 radical (unpaired) electrons. The van der Waals surface area contributed by atoms with Crippen LogP contribution in [0, 0.1) is 0 Å². The van der Waals surface area contributed by atoms with Gasteiger partial charge in [0.05, 0.1) is 0 Å². The fourth-order valence-corrected chi connectivity index (χ4v) is 2.12. The highest BCUT2D eigenvalue weighted by Crippen LogP contribution is 2.35. The van der Waals surface area contributed by atoms with Crippen LogP contribution in [0.5, 0.6) is 0 Å². The summed E-state index contributed by atoms with van der Waals surface area (Å²) in [5.41, 5.74) is 0. The number of fused-ring (bicyclic) bond motifs is 1. The second kappa shape index (κ2) is 3.84. The molecule has 0 bridgehead atoms. The molecule has 5 nitrogen and oxygen atoms in total. The first-order chi connectivity index (χ1) is 7.48. The summed E-state index contributed by atoms with van der Waals surface area (Å²) in [6, 6.07) is 0. The molecule has 2 aliphatic rings. The van der Waals surface area contributed by atoms with E-state index in [1.165, 1.54) is 7.11 Å². The van der Waals surface area contributed by atoms with E-state index in [1.807, 2.05) is 0 Å². The van der Waals surface area contributed by atoms with Crippen molar-refractivity contribution in [2.45, 2.75) is 44.1 Å². The van der Waals surface area contributed by atoms with E-state index in [9.17, 15) is 4.79 Å². The zero-order valence-electron chi connectivity index (χ0n) is 9.64. The molecule has 90 valence electrons. The van der Waals surface area contributed by atoms with Crippen molar-refractivity contribution in [3.8, 4) is 0 Å². The van der Waals surface area contributed by atoms with Crippen molar-refractivity contribution < 1.29 is 23.7 Å². The third-order valence-corrected chi connectivity index (χ3v) is 2.76.